The number of para-hydroxylation sites is 1. The summed E-state index contributed by atoms with van der Waals surface area (Å²) in [6.07, 6.45) is -0.00974. The van der Waals surface area contributed by atoms with Crippen molar-refractivity contribution in [3.63, 3.8) is 0 Å². The number of hydrogen-bond acceptors (Lipinski definition) is 3. The molecule has 9 heteroatoms. The minimum absolute atomic E-state index is 0. The van der Waals surface area contributed by atoms with Crippen LogP contribution < -0.4 is 22.0 Å². The van der Waals surface area contributed by atoms with Crippen molar-refractivity contribution in [2.45, 2.75) is 17.4 Å². The molecule has 0 saturated heterocycles. The topological polar surface area (TPSA) is 91.3 Å². The van der Waals surface area contributed by atoms with Gasteiger partial charge in [-0.3, -0.25) is 9.10 Å². The number of hydrogen-bond donors (Lipinski definition) is 2. The van der Waals surface area contributed by atoms with Gasteiger partial charge in [0.1, 0.15) is 6.04 Å². The second-order valence-electron chi connectivity index (χ2n) is 5.86. The molecule has 0 saturated carbocycles. The van der Waals surface area contributed by atoms with E-state index >= 15 is 0 Å². The first-order chi connectivity index (χ1) is 11.8. The highest BCUT2D eigenvalue weighted by Gasteiger charge is 2.36. The number of benzene rings is 2. The van der Waals surface area contributed by atoms with Gasteiger partial charge in [0, 0.05) is 23.2 Å². The van der Waals surface area contributed by atoms with Gasteiger partial charge in [0.15, 0.2) is 0 Å². The van der Waals surface area contributed by atoms with Gasteiger partial charge in [-0.05, 0) is 24.3 Å². The van der Waals surface area contributed by atoms with Gasteiger partial charge in [-0.1, -0.05) is 29.8 Å². The normalized spacial score (nSPS) is 17.5. The van der Waals surface area contributed by atoms with Crippen LogP contribution in [-0.2, 0) is 14.8 Å². The predicted octanol–water partition coefficient (Wildman–Crippen LogP) is -1.39. The van der Waals surface area contributed by atoms with Crippen LogP contribution in [0.5, 0.6) is 0 Å². The fraction of sp³-hybridized carbons (Fsp3) is 0.235. The first kappa shape index (κ1) is 20.5. The third-order valence-corrected chi connectivity index (χ3v) is 6.38. The molecule has 0 amide bonds. The monoisotopic (exact) mass is 416 g/mol. The number of fused-ring (bicyclic) bond motifs is 2. The van der Waals surface area contributed by atoms with Gasteiger partial charge in [-0.25, -0.2) is 8.42 Å². The molecule has 1 aliphatic heterocycles. The van der Waals surface area contributed by atoms with Crippen LogP contribution in [0.4, 0.5) is 5.69 Å². The first-order valence-corrected chi connectivity index (χ1v) is 9.56. The summed E-state index contributed by atoms with van der Waals surface area (Å²) in [5.74, 6) is -0.890. The summed E-state index contributed by atoms with van der Waals surface area (Å²) in [5, 5.41) is 11.1. The van der Waals surface area contributed by atoms with E-state index in [0.29, 0.717) is 22.8 Å². The number of quaternary nitrogens is 1. The molecule has 6 nitrogen and oxygen atoms in total. The molecule has 140 valence electrons. The standard InChI is InChI=1S/C17H17ClN2O4S.ClH/c1-20-14-5-3-2-4-12(14)17(19-9-8-16(21)22)13-7-6-11(18)10-15(13)25(20,23)24;/h2-7,10,17,19H,8-9H2,1H3,(H,21,22);1H. The Morgan fingerprint density at radius 2 is 1.92 bits per heavy atom. The molecule has 0 spiro atoms. The van der Waals surface area contributed by atoms with Gasteiger partial charge in [0.25, 0.3) is 10.0 Å². The highest BCUT2D eigenvalue weighted by molar-refractivity contribution is 7.92. The minimum Gasteiger partial charge on any atom is -1.00 e. The molecule has 0 fully saturated rings. The summed E-state index contributed by atoms with van der Waals surface area (Å²) in [6, 6.07) is 11.7. The lowest BCUT2D eigenvalue weighted by molar-refractivity contribution is -0.686. The molecule has 3 rings (SSSR count). The van der Waals surface area contributed by atoms with E-state index in [4.69, 9.17) is 16.7 Å². The van der Waals surface area contributed by atoms with Crippen molar-refractivity contribution in [1.82, 2.24) is 0 Å². The Morgan fingerprint density at radius 1 is 1.23 bits per heavy atom. The van der Waals surface area contributed by atoms with E-state index in [2.05, 4.69) is 0 Å². The number of rotatable bonds is 4. The van der Waals surface area contributed by atoms with Gasteiger partial charge in [-0.2, -0.15) is 0 Å². The lowest BCUT2D eigenvalue weighted by Gasteiger charge is -2.20. The molecule has 0 aliphatic carbocycles. The van der Waals surface area contributed by atoms with Crippen LogP contribution in [0.2, 0.25) is 5.02 Å². The Morgan fingerprint density at radius 3 is 2.62 bits per heavy atom. The van der Waals surface area contributed by atoms with E-state index < -0.39 is 16.0 Å². The van der Waals surface area contributed by atoms with Crippen LogP contribution in [0.25, 0.3) is 0 Å². The highest BCUT2D eigenvalue weighted by Crippen LogP contribution is 2.39. The molecule has 2 aromatic rings. The van der Waals surface area contributed by atoms with Crippen LogP contribution in [0.15, 0.2) is 47.4 Å². The maximum absolute atomic E-state index is 13.0. The molecule has 0 bridgehead atoms. The van der Waals surface area contributed by atoms with Crippen molar-refractivity contribution < 1.29 is 36.0 Å². The number of sulfonamides is 1. The molecule has 2 aromatic carbocycles. The summed E-state index contributed by atoms with van der Waals surface area (Å²) in [6.45, 7) is 0.333. The number of carbonyl (C=O) groups is 1. The third-order valence-electron chi connectivity index (χ3n) is 4.32. The molecule has 26 heavy (non-hydrogen) atoms. The number of carboxylic acids is 1. The van der Waals surface area contributed by atoms with Gasteiger partial charge in [0.05, 0.1) is 23.5 Å². The number of carboxylic acid groups (broad SMARTS) is 1. The van der Waals surface area contributed by atoms with Crippen molar-refractivity contribution in [1.29, 1.82) is 0 Å². The average Bonchev–Trinajstić information content (AvgIpc) is 2.63. The van der Waals surface area contributed by atoms with Gasteiger partial charge >= 0.3 is 5.97 Å². The zero-order valence-corrected chi connectivity index (χ0v) is 16.2. The van der Waals surface area contributed by atoms with Gasteiger partial charge < -0.3 is 22.8 Å². The lowest BCUT2D eigenvalue weighted by Crippen LogP contribution is -3.00. The van der Waals surface area contributed by atoms with Gasteiger partial charge in [0.2, 0.25) is 0 Å². The molecular formula is C17H18Cl2N2O4S. The molecule has 1 aliphatic rings. The first-order valence-electron chi connectivity index (χ1n) is 7.75. The highest BCUT2D eigenvalue weighted by atomic mass is 35.5. The van der Waals surface area contributed by atoms with Crippen LogP contribution in [-0.4, -0.2) is 33.1 Å². The zero-order valence-electron chi connectivity index (χ0n) is 13.9. The summed E-state index contributed by atoms with van der Waals surface area (Å²) < 4.78 is 27.3. The summed E-state index contributed by atoms with van der Waals surface area (Å²) in [7, 11) is -2.24. The van der Waals surface area contributed by atoms with Crippen molar-refractivity contribution >= 4 is 33.3 Å². The van der Waals surface area contributed by atoms with Crippen LogP contribution >= 0.6 is 11.6 Å². The Kier molecular flexibility index (Phi) is 6.18. The summed E-state index contributed by atoms with van der Waals surface area (Å²) in [4.78, 5) is 11.0. The van der Waals surface area contributed by atoms with E-state index in [0.717, 1.165) is 5.56 Å². The van der Waals surface area contributed by atoms with Crippen molar-refractivity contribution in [3.05, 3.63) is 58.6 Å². The third kappa shape index (κ3) is 3.66. The average molecular weight is 417 g/mol. The molecule has 3 N–H and O–H groups in total. The predicted molar refractivity (Wildman–Crippen MR) is 94.4 cm³/mol. The van der Waals surface area contributed by atoms with Crippen LogP contribution in [0.3, 0.4) is 0 Å². The Bertz CT molecular complexity index is 934. The number of halogens is 2. The van der Waals surface area contributed by atoms with Crippen LogP contribution in [0, 0.1) is 0 Å². The fourth-order valence-electron chi connectivity index (χ4n) is 3.10. The summed E-state index contributed by atoms with van der Waals surface area (Å²) >= 11 is 6.04. The Hall–Kier alpha value is -1.80. The molecule has 0 aromatic heterocycles. The fourth-order valence-corrected chi connectivity index (χ4v) is 4.82. The van der Waals surface area contributed by atoms with Crippen LogP contribution in [0.1, 0.15) is 23.6 Å². The molecule has 1 heterocycles. The molecular weight excluding hydrogens is 399 g/mol. The number of anilines is 1. The smallest absolute Gasteiger partial charge is 0.309 e. The van der Waals surface area contributed by atoms with E-state index in [-0.39, 0.29) is 29.8 Å². The van der Waals surface area contributed by atoms with E-state index in [9.17, 15) is 13.2 Å². The van der Waals surface area contributed by atoms with Crippen molar-refractivity contribution in [3.8, 4) is 0 Å². The molecule has 0 radical (unpaired) electrons. The summed E-state index contributed by atoms with van der Waals surface area (Å²) in [5.41, 5.74) is 2.00. The SMILES string of the molecule is CN1c2ccccc2C([NH2+]CCC(=O)O)c2ccc(Cl)cc2S1(=O)=O.[Cl-]. The van der Waals surface area contributed by atoms with Gasteiger partial charge in [-0.15, -0.1) is 0 Å². The Labute approximate surface area is 163 Å². The van der Waals surface area contributed by atoms with Crippen molar-refractivity contribution in [2.24, 2.45) is 0 Å². The second-order valence-corrected chi connectivity index (χ2v) is 8.23. The van der Waals surface area contributed by atoms with E-state index in [1.165, 1.54) is 17.4 Å². The largest absolute Gasteiger partial charge is 1.00 e. The zero-order chi connectivity index (χ0) is 18.2. The Balaban J connectivity index is 0.00000243. The number of nitrogens with two attached hydrogens (primary N) is 1. The molecule has 1 atom stereocenters. The quantitative estimate of drug-likeness (QED) is 0.641. The maximum atomic E-state index is 13.0. The van der Waals surface area contributed by atoms with Crippen molar-refractivity contribution in [2.75, 3.05) is 17.9 Å². The maximum Gasteiger partial charge on any atom is 0.309 e. The number of nitrogens with zero attached hydrogens (tertiary/aromatic N) is 1. The number of aliphatic carboxylic acids is 1. The second kappa shape index (κ2) is 7.84. The van der Waals surface area contributed by atoms with E-state index in [1.54, 1.807) is 24.3 Å². The minimum atomic E-state index is -3.75. The molecule has 1 unspecified atom stereocenters. The van der Waals surface area contributed by atoms with E-state index in [1.807, 2.05) is 17.4 Å². The lowest BCUT2D eigenvalue weighted by atomic mass is 9.97.